The molecule has 11 heteroatoms. The van der Waals surface area contributed by atoms with Gasteiger partial charge in [-0.2, -0.15) is 0 Å². The van der Waals surface area contributed by atoms with Crippen LogP contribution in [0, 0.1) is 6.92 Å². The van der Waals surface area contributed by atoms with Crippen molar-refractivity contribution in [3.05, 3.63) is 98.4 Å². The molecule has 1 aliphatic rings. The van der Waals surface area contributed by atoms with Gasteiger partial charge in [-0.05, 0) is 63.8 Å². The molecule has 40 heavy (non-hydrogen) atoms. The largest absolute Gasteiger partial charge is 0.573 e. The molecule has 0 saturated carbocycles. The molecule has 0 atom stereocenters. The monoisotopic (exact) mass is 632 g/mol. The Morgan fingerprint density at radius 2 is 1.98 bits per heavy atom. The molecule has 0 unspecified atom stereocenters. The Bertz CT molecular complexity index is 1590. The highest BCUT2D eigenvalue weighted by molar-refractivity contribution is 9.10. The summed E-state index contributed by atoms with van der Waals surface area (Å²) in [5, 5.41) is 3.74. The number of alkyl halides is 3. The van der Waals surface area contributed by atoms with Gasteiger partial charge in [0.15, 0.2) is 0 Å². The van der Waals surface area contributed by atoms with Crippen molar-refractivity contribution in [3.8, 4) is 5.75 Å². The average Bonchev–Trinajstić information content (AvgIpc) is 3.20. The summed E-state index contributed by atoms with van der Waals surface area (Å²) in [6.45, 7) is 4.05. The Hall–Kier alpha value is -3.34. The summed E-state index contributed by atoms with van der Waals surface area (Å²) in [7, 11) is 0. The molecule has 6 nitrogen and oxygen atoms in total. The Balaban J connectivity index is 1.45. The first-order valence-corrected chi connectivity index (χ1v) is 13.7. The summed E-state index contributed by atoms with van der Waals surface area (Å²) in [6, 6.07) is 14.1. The van der Waals surface area contributed by atoms with E-state index in [1.807, 2.05) is 25.1 Å². The van der Waals surface area contributed by atoms with Gasteiger partial charge in [0.1, 0.15) is 10.9 Å². The third-order valence-corrected chi connectivity index (χ3v) is 7.52. The smallest absolute Gasteiger partial charge is 0.405 e. The molecular formula is C29H25BrClF3N4O2. The second-order valence-corrected chi connectivity index (χ2v) is 10.8. The molecule has 0 spiro atoms. The molecule has 0 saturated heterocycles. The Morgan fingerprint density at radius 3 is 2.70 bits per heavy atom. The molecule has 4 aromatic rings. The summed E-state index contributed by atoms with van der Waals surface area (Å²) in [5.41, 5.74) is 5.10. The van der Waals surface area contributed by atoms with E-state index >= 15 is 0 Å². The molecule has 2 aromatic carbocycles. The number of carbonyl (C=O) groups excluding carboxylic acids is 1. The van der Waals surface area contributed by atoms with Crippen LogP contribution in [0.15, 0.2) is 65.3 Å². The molecule has 3 heterocycles. The second-order valence-electron chi connectivity index (χ2n) is 9.55. The number of pyridine rings is 1. The van der Waals surface area contributed by atoms with Gasteiger partial charge in [0, 0.05) is 49.9 Å². The number of nitrogens with zero attached hydrogens (tertiary/aromatic N) is 3. The standard InChI is InChI=1S/C29H25BrClF3N4O2/c1-18-4-6-19(7-5-18)3-2-11-37-12-9-24-22(17-37)21-14-26(40-29(32,33)34)23(30)15-25(21)38(24)28(39)36-16-20-8-10-35-27(31)13-20/h2-8,10,13-15H,9,11-12,16-17H2,1H3,(H,36,39)/b3-2+. The lowest BCUT2D eigenvalue weighted by Crippen LogP contribution is -2.34. The second kappa shape index (κ2) is 11.6. The highest BCUT2D eigenvalue weighted by Gasteiger charge is 2.33. The third-order valence-electron chi connectivity index (χ3n) is 6.70. The minimum atomic E-state index is -4.85. The van der Waals surface area contributed by atoms with E-state index in [0.29, 0.717) is 42.1 Å². The molecule has 0 aliphatic carbocycles. The number of hydrogen-bond donors (Lipinski definition) is 1. The van der Waals surface area contributed by atoms with Gasteiger partial charge in [-0.3, -0.25) is 9.47 Å². The fourth-order valence-corrected chi connectivity index (χ4v) is 5.44. The van der Waals surface area contributed by atoms with E-state index < -0.39 is 6.36 Å². The number of aryl methyl sites for hydroxylation is 1. The lowest BCUT2D eigenvalue weighted by Gasteiger charge is -2.27. The zero-order valence-electron chi connectivity index (χ0n) is 21.4. The van der Waals surface area contributed by atoms with Crippen molar-refractivity contribution in [1.29, 1.82) is 0 Å². The summed E-state index contributed by atoms with van der Waals surface area (Å²) < 4.78 is 45.2. The minimum absolute atomic E-state index is 0.0972. The molecule has 0 bridgehead atoms. The third kappa shape index (κ3) is 6.51. The number of benzene rings is 2. The van der Waals surface area contributed by atoms with Crippen LogP contribution in [0.2, 0.25) is 5.15 Å². The Labute approximate surface area is 242 Å². The van der Waals surface area contributed by atoms with E-state index in [4.69, 9.17) is 11.6 Å². The molecule has 1 amide bonds. The van der Waals surface area contributed by atoms with Gasteiger partial charge in [-0.1, -0.05) is 53.6 Å². The van der Waals surface area contributed by atoms with Crippen molar-refractivity contribution >= 4 is 50.5 Å². The number of carbonyl (C=O) groups is 1. The SMILES string of the molecule is Cc1ccc(/C=C/CN2CCc3c(c4cc(OC(F)(F)F)c(Br)cc4n3C(=O)NCc3ccnc(Cl)c3)C2)cc1. The van der Waals surface area contributed by atoms with Gasteiger partial charge < -0.3 is 10.1 Å². The number of nitrogens with one attached hydrogen (secondary N) is 1. The van der Waals surface area contributed by atoms with Gasteiger partial charge >= 0.3 is 12.4 Å². The van der Waals surface area contributed by atoms with Crippen LogP contribution >= 0.6 is 27.5 Å². The fourth-order valence-electron chi connectivity index (χ4n) is 4.83. The van der Waals surface area contributed by atoms with Crippen LogP contribution in [0.3, 0.4) is 0 Å². The number of hydrogen-bond acceptors (Lipinski definition) is 4. The van der Waals surface area contributed by atoms with Crippen molar-refractivity contribution in [2.24, 2.45) is 0 Å². The quantitative estimate of drug-likeness (QED) is 0.224. The number of ether oxygens (including phenoxy) is 1. The lowest BCUT2D eigenvalue weighted by atomic mass is 10.0. The van der Waals surface area contributed by atoms with Crippen LogP contribution in [0.4, 0.5) is 18.0 Å². The van der Waals surface area contributed by atoms with Gasteiger partial charge in [0.25, 0.3) is 0 Å². The van der Waals surface area contributed by atoms with Gasteiger partial charge in [0.05, 0.1) is 9.99 Å². The predicted octanol–water partition coefficient (Wildman–Crippen LogP) is 7.49. The van der Waals surface area contributed by atoms with E-state index in [2.05, 4.69) is 54.1 Å². The summed E-state index contributed by atoms with van der Waals surface area (Å²) in [4.78, 5) is 19.6. The van der Waals surface area contributed by atoms with Crippen molar-refractivity contribution in [3.63, 3.8) is 0 Å². The fraction of sp³-hybridized carbons (Fsp3) is 0.241. The maximum absolute atomic E-state index is 13.5. The van der Waals surface area contributed by atoms with Crippen LogP contribution in [0.25, 0.3) is 17.0 Å². The predicted molar refractivity (Wildman–Crippen MR) is 152 cm³/mol. The van der Waals surface area contributed by atoms with Crippen molar-refractivity contribution < 1.29 is 22.7 Å². The van der Waals surface area contributed by atoms with Crippen LogP contribution in [-0.2, 0) is 19.5 Å². The van der Waals surface area contributed by atoms with Gasteiger partial charge in [0.2, 0.25) is 0 Å². The topological polar surface area (TPSA) is 59.4 Å². The minimum Gasteiger partial charge on any atom is -0.405 e. The number of fused-ring (bicyclic) bond motifs is 3. The van der Waals surface area contributed by atoms with E-state index in [1.165, 1.54) is 17.7 Å². The zero-order valence-corrected chi connectivity index (χ0v) is 23.8. The lowest BCUT2D eigenvalue weighted by molar-refractivity contribution is -0.274. The highest BCUT2D eigenvalue weighted by Crippen LogP contribution is 2.39. The normalized spacial score (nSPS) is 14.1. The van der Waals surface area contributed by atoms with Crippen LogP contribution < -0.4 is 10.1 Å². The molecular weight excluding hydrogens is 609 g/mol. The van der Waals surface area contributed by atoms with Crippen LogP contribution in [0.5, 0.6) is 5.75 Å². The summed E-state index contributed by atoms with van der Waals surface area (Å²) in [5.74, 6) is -0.358. The van der Waals surface area contributed by atoms with Crippen molar-refractivity contribution in [2.75, 3.05) is 13.1 Å². The van der Waals surface area contributed by atoms with Crippen LogP contribution in [0.1, 0.15) is 27.9 Å². The molecule has 5 rings (SSSR count). The van der Waals surface area contributed by atoms with Gasteiger partial charge in [-0.25, -0.2) is 9.78 Å². The van der Waals surface area contributed by atoms with E-state index in [1.54, 1.807) is 22.9 Å². The average molecular weight is 634 g/mol. The molecule has 1 N–H and O–H groups in total. The molecule has 0 fully saturated rings. The summed E-state index contributed by atoms with van der Waals surface area (Å²) >= 11 is 9.16. The zero-order chi connectivity index (χ0) is 28.4. The first-order valence-electron chi connectivity index (χ1n) is 12.5. The summed E-state index contributed by atoms with van der Waals surface area (Å²) in [6.07, 6.45) is 1.36. The molecule has 1 aliphatic heterocycles. The van der Waals surface area contributed by atoms with E-state index in [9.17, 15) is 18.0 Å². The number of amides is 1. The molecule has 208 valence electrons. The number of halogens is 5. The van der Waals surface area contributed by atoms with Crippen molar-refractivity contribution in [1.82, 2.24) is 19.8 Å². The van der Waals surface area contributed by atoms with E-state index in [0.717, 1.165) is 22.4 Å². The maximum Gasteiger partial charge on any atom is 0.573 e. The first-order chi connectivity index (χ1) is 19.1. The van der Waals surface area contributed by atoms with Crippen molar-refractivity contribution in [2.45, 2.75) is 32.8 Å². The molecule has 2 aromatic heterocycles. The Morgan fingerprint density at radius 1 is 1.20 bits per heavy atom. The van der Waals surface area contributed by atoms with Gasteiger partial charge in [-0.15, -0.1) is 13.2 Å². The number of aromatic nitrogens is 2. The molecule has 0 radical (unpaired) electrons. The van der Waals surface area contributed by atoms with E-state index in [-0.39, 0.29) is 22.8 Å². The Kier molecular flexibility index (Phi) is 8.21. The highest BCUT2D eigenvalue weighted by atomic mass is 79.9. The maximum atomic E-state index is 13.5. The first kappa shape index (κ1) is 28.2. The number of rotatable bonds is 6. The van der Waals surface area contributed by atoms with Crippen LogP contribution in [-0.4, -0.2) is 39.9 Å².